The zero-order valence-corrected chi connectivity index (χ0v) is 10.6. The summed E-state index contributed by atoms with van der Waals surface area (Å²) < 4.78 is 13.1. The van der Waals surface area contributed by atoms with Crippen LogP contribution < -0.4 is 5.32 Å². The Balaban J connectivity index is 1.44. The fourth-order valence-electron chi connectivity index (χ4n) is 4.94. The van der Waals surface area contributed by atoms with Gasteiger partial charge in [0, 0.05) is 12.6 Å². The molecule has 0 aliphatic heterocycles. The van der Waals surface area contributed by atoms with Crippen LogP contribution in [0.25, 0.3) is 0 Å². The molecule has 4 aliphatic rings. The van der Waals surface area contributed by atoms with Crippen molar-refractivity contribution in [2.45, 2.75) is 38.3 Å². The summed E-state index contributed by atoms with van der Waals surface area (Å²) in [5, 5.41) is 3.72. The van der Waals surface area contributed by atoms with Crippen LogP contribution in [-0.4, -0.2) is 6.04 Å². The molecule has 0 aromatic heterocycles. The Morgan fingerprint density at radius 1 is 1.11 bits per heavy atom. The summed E-state index contributed by atoms with van der Waals surface area (Å²) in [5.74, 6) is 3.73. The van der Waals surface area contributed by atoms with Gasteiger partial charge in [0.05, 0.1) is 0 Å². The van der Waals surface area contributed by atoms with Gasteiger partial charge in [0.25, 0.3) is 0 Å². The molecule has 1 aromatic carbocycles. The second-order valence-electron chi connectivity index (χ2n) is 6.53. The number of hydrogen-bond acceptors (Lipinski definition) is 1. The maximum Gasteiger partial charge on any atom is 0.123 e. The second-order valence-corrected chi connectivity index (χ2v) is 6.53. The van der Waals surface area contributed by atoms with Gasteiger partial charge < -0.3 is 5.32 Å². The molecule has 0 heterocycles. The Labute approximate surface area is 108 Å². The molecule has 2 heteroatoms. The van der Waals surface area contributed by atoms with Gasteiger partial charge in [0.1, 0.15) is 5.82 Å². The molecular formula is C16H20FN. The van der Waals surface area contributed by atoms with Crippen LogP contribution in [0.5, 0.6) is 0 Å². The van der Waals surface area contributed by atoms with Crippen LogP contribution in [0.1, 0.15) is 31.2 Å². The summed E-state index contributed by atoms with van der Waals surface area (Å²) in [5.41, 5.74) is 1.08. The monoisotopic (exact) mass is 245 g/mol. The molecule has 4 saturated carbocycles. The van der Waals surface area contributed by atoms with Crippen molar-refractivity contribution in [2.24, 2.45) is 23.7 Å². The molecule has 96 valence electrons. The summed E-state index contributed by atoms with van der Waals surface area (Å²) in [6.07, 6.45) is 5.82. The van der Waals surface area contributed by atoms with Gasteiger partial charge in [-0.15, -0.1) is 0 Å². The van der Waals surface area contributed by atoms with E-state index in [4.69, 9.17) is 0 Å². The first-order chi connectivity index (χ1) is 8.79. The average Bonchev–Trinajstić information content (AvgIpc) is 2.76. The van der Waals surface area contributed by atoms with Crippen LogP contribution in [0, 0.1) is 29.5 Å². The van der Waals surface area contributed by atoms with Crippen molar-refractivity contribution >= 4 is 0 Å². The molecule has 4 aliphatic carbocycles. The van der Waals surface area contributed by atoms with Gasteiger partial charge in [0.15, 0.2) is 0 Å². The van der Waals surface area contributed by atoms with E-state index >= 15 is 0 Å². The van der Waals surface area contributed by atoms with Crippen molar-refractivity contribution in [1.82, 2.24) is 5.32 Å². The third kappa shape index (κ3) is 1.70. The first kappa shape index (κ1) is 11.0. The number of rotatable bonds is 3. The summed E-state index contributed by atoms with van der Waals surface area (Å²) in [4.78, 5) is 0. The van der Waals surface area contributed by atoms with E-state index in [0.29, 0.717) is 6.04 Å². The minimum atomic E-state index is -0.122. The topological polar surface area (TPSA) is 12.0 Å². The molecule has 18 heavy (non-hydrogen) atoms. The summed E-state index contributed by atoms with van der Waals surface area (Å²) >= 11 is 0. The molecule has 0 spiro atoms. The SMILES string of the molecule is Fc1cccc(CNC2C3CC4CC(C3)C2C4)c1. The van der Waals surface area contributed by atoms with Crippen molar-refractivity contribution in [3.05, 3.63) is 35.6 Å². The Kier molecular flexibility index (Phi) is 2.47. The predicted octanol–water partition coefficient (Wildman–Crippen LogP) is 3.35. The molecule has 0 amide bonds. The predicted molar refractivity (Wildman–Crippen MR) is 69.5 cm³/mol. The number of halogens is 1. The quantitative estimate of drug-likeness (QED) is 0.861. The summed E-state index contributed by atoms with van der Waals surface area (Å²) in [7, 11) is 0. The molecular weight excluding hydrogens is 225 g/mol. The first-order valence-corrected chi connectivity index (χ1v) is 7.27. The van der Waals surface area contributed by atoms with Crippen LogP contribution in [0.3, 0.4) is 0 Å². The molecule has 0 saturated heterocycles. The summed E-state index contributed by atoms with van der Waals surface area (Å²) in [6.45, 7) is 0.826. The molecule has 5 atom stereocenters. The van der Waals surface area contributed by atoms with Gasteiger partial charge in [0.2, 0.25) is 0 Å². The van der Waals surface area contributed by atoms with Gasteiger partial charge >= 0.3 is 0 Å². The third-order valence-electron chi connectivity index (χ3n) is 5.49. The lowest BCUT2D eigenvalue weighted by Gasteiger charge is -2.33. The molecule has 4 bridgehead atoms. The maximum atomic E-state index is 13.1. The number of hydrogen-bond donors (Lipinski definition) is 1. The van der Waals surface area contributed by atoms with Gasteiger partial charge in [-0.3, -0.25) is 0 Å². The van der Waals surface area contributed by atoms with Crippen LogP contribution in [0.4, 0.5) is 4.39 Å². The highest BCUT2D eigenvalue weighted by Crippen LogP contribution is 2.58. The van der Waals surface area contributed by atoms with Crippen molar-refractivity contribution in [3.8, 4) is 0 Å². The Bertz CT molecular complexity index is 454. The van der Waals surface area contributed by atoms with Crippen molar-refractivity contribution in [2.75, 3.05) is 0 Å². The minimum absolute atomic E-state index is 0.122. The van der Waals surface area contributed by atoms with Gasteiger partial charge in [-0.25, -0.2) is 4.39 Å². The largest absolute Gasteiger partial charge is 0.309 e. The zero-order valence-electron chi connectivity index (χ0n) is 10.6. The average molecular weight is 245 g/mol. The van der Waals surface area contributed by atoms with E-state index in [0.717, 1.165) is 35.8 Å². The molecule has 5 unspecified atom stereocenters. The second kappa shape index (κ2) is 4.06. The van der Waals surface area contributed by atoms with Gasteiger partial charge in [-0.05, 0) is 67.1 Å². The van der Waals surface area contributed by atoms with E-state index in [9.17, 15) is 4.39 Å². The highest BCUT2D eigenvalue weighted by molar-refractivity contribution is 5.16. The Morgan fingerprint density at radius 2 is 2.00 bits per heavy atom. The molecule has 4 fully saturated rings. The highest BCUT2D eigenvalue weighted by Gasteiger charge is 2.53. The fourth-order valence-corrected chi connectivity index (χ4v) is 4.94. The van der Waals surface area contributed by atoms with E-state index in [2.05, 4.69) is 5.32 Å². The number of benzene rings is 1. The zero-order chi connectivity index (χ0) is 12.1. The van der Waals surface area contributed by atoms with E-state index < -0.39 is 0 Å². The molecule has 1 aromatic rings. The molecule has 1 nitrogen and oxygen atoms in total. The van der Waals surface area contributed by atoms with Gasteiger partial charge in [-0.1, -0.05) is 12.1 Å². The van der Waals surface area contributed by atoms with E-state index in [-0.39, 0.29) is 5.82 Å². The lowest BCUT2D eigenvalue weighted by atomic mass is 9.79. The molecule has 1 N–H and O–H groups in total. The highest BCUT2D eigenvalue weighted by atomic mass is 19.1. The van der Waals surface area contributed by atoms with Crippen LogP contribution >= 0.6 is 0 Å². The molecule has 5 rings (SSSR count). The standard InChI is InChI=1S/C16H20FN/c17-14-3-1-2-10(6-14)9-18-16-13-5-11-4-12(8-13)15(16)7-11/h1-3,6,11-13,15-16,18H,4-5,7-9H2. The van der Waals surface area contributed by atoms with Crippen LogP contribution in [0.2, 0.25) is 0 Å². The minimum Gasteiger partial charge on any atom is -0.309 e. The fraction of sp³-hybridized carbons (Fsp3) is 0.625. The van der Waals surface area contributed by atoms with Crippen LogP contribution in [0.15, 0.2) is 24.3 Å². The molecule has 0 radical (unpaired) electrons. The van der Waals surface area contributed by atoms with Crippen molar-refractivity contribution in [1.29, 1.82) is 0 Å². The van der Waals surface area contributed by atoms with Crippen LogP contribution in [-0.2, 0) is 6.54 Å². The van der Waals surface area contributed by atoms with E-state index in [1.54, 1.807) is 12.1 Å². The first-order valence-electron chi connectivity index (χ1n) is 7.27. The smallest absolute Gasteiger partial charge is 0.123 e. The van der Waals surface area contributed by atoms with Crippen molar-refractivity contribution in [3.63, 3.8) is 0 Å². The van der Waals surface area contributed by atoms with E-state index in [1.165, 1.54) is 31.7 Å². The maximum absolute atomic E-state index is 13.1. The normalized spacial score (nSPS) is 40.6. The Morgan fingerprint density at radius 3 is 2.83 bits per heavy atom. The van der Waals surface area contributed by atoms with Gasteiger partial charge in [-0.2, -0.15) is 0 Å². The third-order valence-corrected chi connectivity index (χ3v) is 5.49. The summed E-state index contributed by atoms with van der Waals surface area (Å²) in [6, 6.07) is 7.69. The lowest BCUT2D eigenvalue weighted by Crippen LogP contribution is -2.40. The number of nitrogens with one attached hydrogen (secondary N) is 1. The van der Waals surface area contributed by atoms with E-state index in [1.807, 2.05) is 6.07 Å². The Hall–Kier alpha value is -0.890. The van der Waals surface area contributed by atoms with Crippen molar-refractivity contribution < 1.29 is 4.39 Å². The lowest BCUT2D eigenvalue weighted by molar-refractivity contribution is 0.218.